The van der Waals surface area contributed by atoms with Gasteiger partial charge in [-0.2, -0.15) is 0 Å². The van der Waals surface area contributed by atoms with Crippen LogP contribution in [0.15, 0.2) is 47.9 Å². The Morgan fingerprint density at radius 3 is 2.71 bits per heavy atom. The standard InChI is InChI=1S/C15H17NO/c1-4-9-16-10-13(11(2)3)15(17)12-7-5-6-8-14(12)16/h4-8,10-11H,1,9H2,2-3H3. The molecular formula is C15H17NO. The lowest BCUT2D eigenvalue weighted by Crippen LogP contribution is -2.15. The van der Waals surface area contributed by atoms with E-state index < -0.39 is 0 Å². The maximum Gasteiger partial charge on any atom is 0.192 e. The molecule has 2 heteroatoms. The van der Waals surface area contributed by atoms with Gasteiger partial charge in [0.05, 0.1) is 5.52 Å². The highest BCUT2D eigenvalue weighted by Gasteiger charge is 2.10. The van der Waals surface area contributed by atoms with Gasteiger partial charge in [0, 0.05) is 23.7 Å². The van der Waals surface area contributed by atoms with E-state index in [1.807, 2.05) is 50.4 Å². The molecule has 0 bridgehead atoms. The summed E-state index contributed by atoms with van der Waals surface area (Å²) in [4.78, 5) is 12.3. The van der Waals surface area contributed by atoms with Crippen LogP contribution in [0.4, 0.5) is 0 Å². The minimum Gasteiger partial charge on any atom is -0.343 e. The van der Waals surface area contributed by atoms with E-state index in [0.717, 1.165) is 23.0 Å². The molecule has 1 heterocycles. The number of fused-ring (bicyclic) bond motifs is 1. The van der Waals surface area contributed by atoms with E-state index >= 15 is 0 Å². The Morgan fingerprint density at radius 1 is 1.35 bits per heavy atom. The van der Waals surface area contributed by atoms with E-state index in [9.17, 15) is 4.79 Å². The molecule has 17 heavy (non-hydrogen) atoms. The molecule has 0 unspecified atom stereocenters. The first-order chi connectivity index (χ1) is 8.15. The van der Waals surface area contributed by atoms with E-state index in [0.29, 0.717) is 0 Å². The molecule has 0 saturated heterocycles. The van der Waals surface area contributed by atoms with Gasteiger partial charge in [-0.3, -0.25) is 4.79 Å². The summed E-state index contributed by atoms with van der Waals surface area (Å²) in [6, 6.07) is 7.73. The molecule has 88 valence electrons. The number of allylic oxidation sites excluding steroid dienone is 1. The maximum atomic E-state index is 12.3. The highest BCUT2D eigenvalue weighted by atomic mass is 16.1. The van der Waals surface area contributed by atoms with Crippen molar-refractivity contribution in [2.75, 3.05) is 0 Å². The number of nitrogens with zero attached hydrogens (tertiary/aromatic N) is 1. The van der Waals surface area contributed by atoms with Crippen molar-refractivity contribution in [3.05, 3.63) is 58.9 Å². The number of rotatable bonds is 3. The van der Waals surface area contributed by atoms with Gasteiger partial charge in [-0.15, -0.1) is 6.58 Å². The molecular weight excluding hydrogens is 210 g/mol. The second kappa shape index (κ2) is 4.58. The average Bonchev–Trinajstić information content (AvgIpc) is 2.33. The third kappa shape index (κ3) is 2.03. The Balaban J connectivity index is 2.84. The smallest absolute Gasteiger partial charge is 0.192 e. The van der Waals surface area contributed by atoms with Gasteiger partial charge in [0.1, 0.15) is 0 Å². The van der Waals surface area contributed by atoms with Crippen molar-refractivity contribution in [2.24, 2.45) is 0 Å². The minimum atomic E-state index is 0.149. The van der Waals surface area contributed by atoms with E-state index in [-0.39, 0.29) is 11.3 Å². The van der Waals surface area contributed by atoms with Crippen LogP contribution in [0.1, 0.15) is 25.3 Å². The largest absolute Gasteiger partial charge is 0.343 e. The highest BCUT2D eigenvalue weighted by Crippen LogP contribution is 2.16. The molecule has 0 amide bonds. The lowest BCUT2D eigenvalue weighted by molar-refractivity contribution is 0.793. The summed E-state index contributed by atoms with van der Waals surface area (Å²) in [5.74, 6) is 0.239. The van der Waals surface area contributed by atoms with Crippen molar-refractivity contribution >= 4 is 10.9 Å². The fraction of sp³-hybridized carbons (Fsp3) is 0.267. The monoisotopic (exact) mass is 227 g/mol. The van der Waals surface area contributed by atoms with Crippen LogP contribution in [-0.4, -0.2) is 4.57 Å². The van der Waals surface area contributed by atoms with Gasteiger partial charge in [0.15, 0.2) is 5.43 Å². The van der Waals surface area contributed by atoms with E-state index in [2.05, 4.69) is 11.1 Å². The predicted octanol–water partition coefficient (Wildman–Crippen LogP) is 3.31. The molecule has 0 N–H and O–H groups in total. The molecule has 1 aromatic carbocycles. The lowest BCUT2D eigenvalue weighted by atomic mass is 10.0. The van der Waals surface area contributed by atoms with Crippen molar-refractivity contribution in [1.82, 2.24) is 4.57 Å². The van der Waals surface area contributed by atoms with Gasteiger partial charge in [-0.1, -0.05) is 32.1 Å². The summed E-state index contributed by atoms with van der Waals surface area (Å²) in [7, 11) is 0. The number of benzene rings is 1. The van der Waals surface area contributed by atoms with Crippen LogP contribution in [0.5, 0.6) is 0 Å². The van der Waals surface area contributed by atoms with Crippen LogP contribution in [0.25, 0.3) is 10.9 Å². The molecule has 0 aliphatic carbocycles. The molecule has 0 saturated carbocycles. The maximum absolute atomic E-state index is 12.3. The fourth-order valence-corrected chi connectivity index (χ4v) is 2.07. The van der Waals surface area contributed by atoms with E-state index in [1.165, 1.54) is 0 Å². The number of aromatic nitrogens is 1. The highest BCUT2D eigenvalue weighted by molar-refractivity contribution is 5.79. The first-order valence-corrected chi connectivity index (χ1v) is 5.88. The van der Waals surface area contributed by atoms with Gasteiger partial charge in [-0.05, 0) is 18.1 Å². The lowest BCUT2D eigenvalue weighted by Gasteiger charge is -2.13. The molecule has 2 aromatic rings. The number of hydrogen-bond donors (Lipinski definition) is 0. The van der Waals surface area contributed by atoms with Gasteiger partial charge in [-0.25, -0.2) is 0 Å². The zero-order valence-electron chi connectivity index (χ0n) is 10.3. The van der Waals surface area contributed by atoms with Crippen molar-refractivity contribution in [2.45, 2.75) is 26.3 Å². The molecule has 0 radical (unpaired) electrons. The van der Waals surface area contributed by atoms with Gasteiger partial charge in [0.25, 0.3) is 0 Å². The normalized spacial score (nSPS) is 11.0. The van der Waals surface area contributed by atoms with Crippen LogP contribution < -0.4 is 5.43 Å². The molecule has 2 rings (SSSR count). The molecule has 0 spiro atoms. The van der Waals surface area contributed by atoms with E-state index in [4.69, 9.17) is 0 Å². The molecule has 0 fully saturated rings. The Kier molecular flexibility index (Phi) is 3.14. The van der Waals surface area contributed by atoms with Crippen LogP contribution in [-0.2, 0) is 6.54 Å². The Bertz CT molecular complexity index is 608. The third-order valence-electron chi connectivity index (χ3n) is 2.96. The molecule has 2 nitrogen and oxygen atoms in total. The predicted molar refractivity (Wildman–Crippen MR) is 72.5 cm³/mol. The van der Waals surface area contributed by atoms with Gasteiger partial charge < -0.3 is 4.57 Å². The summed E-state index contributed by atoms with van der Waals surface area (Å²) in [6.45, 7) is 8.57. The summed E-state index contributed by atoms with van der Waals surface area (Å²) in [6.07, 6.45) is 3.80. The molecule has 0 atom stereocenters. The summed E-state index contributed by atoms with van der Waals surface area (Å²) in [5.41, 5.74) is 1.99. The topological polar surface area (TPSA) is 22.0 Å². The van der Waals surface area contributed by atoms with Crippen molar-refractivity contribution in [3.63, 3.8) is 0 Å². The second-order valence-corrected chi connectivity index (χ2v) is 4.53. The Hall–Kier alpha value is -1.83. The number of hydrogen-bond acceptors (Lipinski definition) is 1. The van der Waals surface area contributed by atoms with Crippen LogP contribution >= 0.6 is 0 Å². The first kappa shape index (κ1) is 11.6. The van der Waals surface area contributed by atoms with Crippen molar-refractivity contribution < 1.29 is 0 Å². The SMILES string of the molecule is C=CCn1cc(C(C)C)c(=O)c2ccccc21. The average molecular weight is 227 g/mol. The molecule has 0 aliphatic rings. The second-order valence-electron chi connectivity index (χ2n) is 4.53. The Morgan fingerprint density at radius 2 is 2.06 bits per heavy atom. The van der Waals surface area contributed by atoms with Gasteiger partial charge in [0.2, 0.25) is 0 Å². The van der Waals surface area contributed by atoms with Crippen LogP contribution in [0, 0.1) is 0 Å². The third-order valence-corrected chi connectivity index (χ3v) is 2.96. The molecule has 0 aliphatic heterocycles. The Labute approximate surface area is 101 Å². The zero-order chi connectivity index (χ0) is 12.4. The van der Waals surface area contributed by atoms with Crippen LogP contribution in [0.3, 0.4) is 0 Å². The molecule has 1 aromatic heterocycles. The van der Waals surface area contributed by atoms with Crippen molar-refractivity contribution in [3.8, 4) is 0 Å². The number of para-hydroxylation sites is 1. The zero-order valence-corrected chi connectivity index (χ0v) is 10.3. The first-order valence-electron chi connectivity index (χ1n) is 5.88. The number of pyridine rings is 1. The quantitative estimate of drug-likeness (QED) is 0.737. The van der Waals surface area contributed by atoms with E-state index in [1.54, 1.807) is 0 Å². The fourth-order valence-electron chi connectivity index (χ4n) is 2.07. The summed E-state index contributed by atoms with van der Waals surface area (Å²) >= 11 is 0. The summed E-state index contributed by atoms with van der Waals surface area (Å²) in [5, 5.41) is 0.792. The minimum absolute atomic E-state index is 0.149. The van der Waals surface area contributed by atoms with Crippen molar-refractivity contribution in [1.29, 1.82) is 0 Å². The van der Waals surface area contributed by atoms with Crippen LogP contribution in [0.2, 0.25) is 0 Å². The van der Waals surface area contributed by atoms with Gasteiger partial charge >= 0.3 is 0 Å². The summed E-state index contributed by atoms with van der Waals surface area (Å²) < 4.78 is 2.08.